The molecule has 0 spiro atoms. The third-order valence-electron chi connectivity index (χ3n) is 4.60. The van der Waals surface area contributed by atoms with Crippen LogP contribution in [-0.2, 0) is 12.8 Å². The normalized spacial score (nSPS) is 11.7. The highest BCUT2D eigenvalue weighted by atomic mass is 35.5. The predicted octanol–water partition coefficient (Wildman–Crippen LogP) is 7.99. The molecule has 3 aromatic carbocycles. The van der Waals surface area contributed by atoms with E-state index < -0.39 is 40.7 Å². The number of hydrogen-bond acceptors (Lipinski definition) is 4. The molecule has 4 nitrogen and oxygen atoms in total. The fourth-order valence-corrected chi connectivity index (χ4v) is 3.40. The standard InChI is InChI=1S/C23H15Cl2F7N2O2/c1-2-35-16-7-11(3-6-15(16)36-10-12-4-5-13(24)8-14(12)25)9-33-34-22-20(28)18(26)17(23(30,31)32)19(27)21(22)29/h3-9,34H,2,10H2,1H3. The van der Waals surface area contributed by atoms with Crippen molar-refractivity contribution in [3.05, 3.63) is 86.4 Å². The Morgan fingerprint density at radius 1 is 0.889 bits per heavy atom. The summed E-state index contributed by atoms with van der Waals surface area (Å²) in [5.41, 5.74) is -1.58. The Morgan fingerprint density at radius 2 is 1.56 bits per heavy atom. The topological polar surface area (TPSA) is 42.8 Å². The monoisotopic (exact) mass is 554 g/mol. The van der Waals surface area contributed by atoms with Gasteiger partial charge >= 0.3 is 6.18 Å². The van der Waals surface area contributed by atoms with Gasteiger partial charge in [-0.15, -0.1) is 0 Å². The first kappa shape index (κ1) is 27.4. The van der Waals surface area contributed by atoms with E-state index in [0.29, 0.717) is 21.4 Å². The van der Waals surface area contributed by atoms with E-state index in [-0.39, 0.29) is 24.5 Å². The lowest BCUT2D eigenvalue weighted by molar-refractivity contribution is -0.143. The van der Waals surface area contributed by atoms with Crippen molar-refractivity contribution in [1.82, 2.24) is 0 Å². The molecule has 0 unspecified atom stereocenters. The van der Waals surface area contributed by atoms with Crippen molar-refractivity contribution in [2.75, 3.05) is 12.0 Å². The quantitative estimate of drug-likeness (QED) is 0.133. The SMILES string of the molecule is CCOc1cc(C=NNc2c(F)c(F)c(C(F)(F)F)c(F)c2F)ccc1OCc1ccc(Cl)cc1Cl. The summed E-state index contributed by atoms with van der Waals surface area (Å²) in [5.74, 6) is -9.18. The molecule has 0 heterocycles. The van der Waals surface area contributed by atoms with Gasteiger partial charge in [-0.05, 0) is 42.8 Å². The summed E-state index contributed by atoms with van der Waals surface area (Å²) in [6.07, 6.45) is -4.65. The first-order valence-electron chi connectivity index (χ1n) is 9.99. The number of alkyl halides is 3. The van der Waals surface area contributed by atoms with E-state index in [2.05, 4.69) is 5.10 Å². The van der Waals surface area contributed by atoms with E-state index in [1.54, 1.807) is 30.5 Å². The van der Waals surface area contributed by atoms with Crippen molar-refractivity contribution in [2.45, 2.75) is 19.7 Å². The minimum absolute atomic E-state index is 0.0780. The Labute approximate surface area is 210 Å². The van der Waals surface area contributed by atoms with E-state index >= 15 is 0 Å². The highest BCUT2D eigenvalue weighted by molar-refractivity contribution is 6.35. The van der Waals surface area contributed by atoms with Gasteiger partial charge in [-0.1, -0.05) is 29.3 Å². The lowest BCUT2D eigenvalue weighted by Gasteiger charge is -2.14. The summed E-state index contributed by atoms with van der Waals surface area (Å²) in [5, 5.41) is 4.31. The first-order valence-corrected chi connectivity index (χ1v) is 10.7. The van der Waals surface area contributed by atoms with Gasteiger partial charge in [0.15, 0.2) is 34.8 Å². The second-order valence-corrected chi connectivity index (χ2v) is 7.88. The zero-order valence-corrected chi connectivity index (χ0v) is 19.6. The number of hydrogen-bond donors (Lipinski definition) is 1. The summed E-state index contributed by atoms with van der Waals surface area (Å²) in [6, 6.07) is 9.28. The minimum Gasteiger partial charge on any atom is -0.490 e. The van der Waals surface area contributed by atoms with E-state index in [1.165, 1.54) is 18.2 Å². The van der Waals surface area contributed by atoms with Crippen LogP contribution < -0.4 is 14.9 Å². The molecule has 36 heavy (non-hydrogen) atoms. The average molecular weight is 555 g/mol. The van der Waals surface area contributed by atoms with Crippen molar-refractivity contribution in [1.29, 1.82) is 0 Å². The van der Waals surface area contributed by atoms with Crippen LogP contribution in [0.25, 0.3) is 0 Å². The van der Waals surface area contributed by atoms with Crippen LogP contribution in [0.2, 0.25) is 10.0 Å². The number of ether oxygens (including phenoxy) is 2. The summed E-state index contributed by atoms with van der Waals surface area (Å²) in [4.78, 5) is 0. The van der Waals surface area contributed by atoms with Crippen LogP contribution in [0.3, 0.4) is 0 Å². The Kier molecular flexibility index (Phi) is 8.57. The van der Waals surface area contributed by atoms with Crippen molar-refractivity contribution in [3.63, 3.8) is 0 Å². The van der Waals surface area contributed by atoms with Crippen LogP contribution in [0.1, 0.15) is 23.6 Å². The van der Waals surface area contributed by atoms with E-state index in [9.17, 15) is 30.7 Å². The smallest absolute Gasteiger partial charge is 0.422 e. The van der Waals surface area contributed by atoms with E-state index in [4.69, 9.17) is 32.7 Å². The third kappa shape index (κ3) is 6.14. The van der Waals surface area contributed by atoms with Crippen molar-refractivity contribution < 1.29 is 40.2 Å². The van der Waals surface area contributed by atoms with Crippen molar-refractivity contribution in [3.8, 4) is 11.5 Å². The molecule has 0 saturated heterocycles. The number of nitrogens with zero attached hydrogens (tertiary/aromatic N) is 1. The van der Waals surface area contributed by atoms with Gasteiger partial charge in [0.2, 0.25) is 0 Å². The first-order chi connectivity index (χ1) is 16.9. The van der Waals surface area contributed by atoms with Gasteiger partial charge in [0.1, 0.15) is 17.9 Å². The number of hydrazone groups is 1. The van der Waals surface area contributed by atoms with Gasteiger partial charge in [-0.25, -0.2) is 17.6 Å². The number of halogens is 9. The zero-order valence-electron chi connectivity index (χ0n) is 18.1. The van der Waals surface area contributed by atoms with Gasteiger partial charge in [0.05, 0.1) is 12.8 Å². The highest BCUT2D eigenvalue weighted by Gasteiger charge is 2.42. The lowest BCUT2D eigenvalue weighted by Crippen LogP contribution is -2.16. The summed E-state index contributed by atoms with van der Waals surface area (Å²) in [7, 11) is 0. The number of benzene rings is 3. The van der Waals surface area contributed by atoms with Crippen LogP contribution in [0, 0.1) is 23.3 Å². The molecular weight excluding hydrogens is 540 g/mol. The average Bonchev–Trinajstić information content (AvgIpc) is 2.80. The maximum absolute atomic E-state index is 14.0. The Balaban J connectivity index is 1.80. The molecule has 0 radical (unpaired) electrons. The maximum Gasteiger partial charge on any atom is 0.422 e. The molecule has 13 heteroatoms. The molecule has 0 aromatic heterocycles. The second-order valence-electron chi connectivity index (χ2n) is 7.04. The summed E-state index contributed by atoms with van der Waals surface area (Å²) in [6.45, 7) is 2.04. The molecule has 0 aliphatic rings. The molecule has 0 bridgehead atoms. The summed E-state index contributed by atoms with van der Waals surface area (Å²) < 4.78 is 105. The van der Waals surface area contributed by atoms with Crippen LogP contribution in [0.5, 0.6) is 11.5 Å². The molecule has 1 N–H and O–H groups in total. The van der Waals surface area contributed by atoms with E-state index in [0.717, 1.165) is 6.21 Å². The van der Waals surface area contributed by atoms with Crippen LogP contribution in [-0.4, -0.2) is 12.8 Å². The Hall–Kier alpha value is -3.18. The maximum atomic E-state index is 14.0. The van der Waals surface area contributed by atoms with E-state index in [1.807, 2.05) is 0 Å². The molecule has 0 saturated carbocycles. The van der Waals surface area contributed by atoms with Gasteiger partial charge in [0.25, 0.3) is 0 Å². The summed E-state index contributed by atoms with van der Waals surface area (Å²) >= 11 is 12.0. The fraction of sp³-hybridized carbons (Fsp3) is 0.174. The molecule has 0 aliphatic carbocycles. The number of nitrogens with one attached hydrogen (secondary N) is 1. The van der Waals surface area contributed by atoms with Crippen molar-refractivity contribution >= 4 is 35.1 Å². The Morgan fingerprint density at radius 3 is 2.14 bits per heavy atom. The van der Waals surface area contributed by atoms with Gasteiger partial charge in [-0.2, -0.15) is 18.3 Å². The molecule has 3 rings (SSSR count). The fourth-order valence-electron chi connectivity index (χ4n) is 2.94. The predicted molar refractivity (Wildman–Crippen MR) is 121 cm³/mol. The zero-order chi connectivity index (χ0) is 26.6. The largest absolute Gasteiger partial charge is 0.490 e. The molecule has 0 fully saturated rings. The number of anilines is 1. The molecular formula is C23H15Cl2F7N2O2. The molecule has 0 atom stereocenters. The lowest BCUT2D eigenvalue weighted by atomic mass is 10.1. The number of rotatable bonds is 8. The van der Waals surface area contributed by atoms with Crippen LogP contribution in [0.15, 0.2) is 41.5 Å². The highest BCUT2D eigenvalue weighted by Crippen LogP contribution is 2.38. The second kappa shape index (κ2) is 11.3. The Bertz CT molecular complexity index is 1270. The molecule has 0 aliphatic heterocycles. The molecule has 3 aromatic rings. The van der Waals surface area contributed by atoms with Gasteiger partial charge in [-0.3, -0.25) is 5.43 Å². The minimum atomic E-state index is -5.64. The third-order valence-corrected chi connectivity index (χ3v) is 5.19. The molecule has 0 amide bonds. The van der Waals surface area contributed by atoms with Gasteiger partial charge < -0.3 is 9.47 Å². The van der Waals surface area contributed by atoms with Gasteiger partial charge in [0, 0.05) is 15.6 Å². The van der Waals surface area contributed by atoms with Crippen LogP contribution in [0.4, 0.5) is 36.4 Å². The van der Waals surface area contributed by atoms with Crippen molar-refractivity contribution in [2.24, 2.45) is 5.10 Å². The molecule has 192 valence electrons. The van der Waals surface area contributed by atoms with Crippen LogP contribution >= 0.6 is 23.2 Å².